The molecule has 0 bridgehead atoms. The van der Waals surface area contributed by atoms with Gasteiger partial charge in [-0.25, -0.2) is 19.2 Å². The molecular formula is C28H30FN5O2. The van der Waals surface area contributed by atoms with Gasteiger partial charge in [-0.3, -0.25) is 0 Å². The van der Waals surface area contributed by atoms with Crippen LogP contribution in [0.5, 0.6) is 5.75 Å². The number of ether oxygens (including phenoxy) is 1. The molecule has 0 radical (unpaired) electrons. The van der Waals surface area contributed by atoms with Gasteiger partial charge in [0.25, 0.3) is 0 Å². The van der Waals surface area contributed by atoms with Gasteiger partial charge in [0, 0.05) is 55.3 Å². The standard InChI is InChI=1S/C28H30FN5O2/c29-21-3-5-22(6-4-21)36-18-19-2-1-13-34(17-19)28(35)33-14-9-20(10-15-33)23-7-11-30-25-16-32-27-24(26(23)25)8-12-31-27/h3-8,11-12,16,19-20,30H,1-2,9-10,13-15,17-18H2. The van der Waals surface area contributed by atoms with E-state index >= 15 is 0 Å². The van der Waals surface area contributed by atoms with E-state index in [1.807, 2.05) is 34.5 Å². The number of nitrogens with one attached hydrogen (secondary N) is 1. The summed E-state index contributed by atoms with van der Waals surface area (Å²) in [7, 11) is 0. The largest absolute Gasteiger partial charge is 0.493 e. The Morgan fingerprint density at radius 1 is 1.03 bits per heavy atom. The molecule has 186 valence electrons. The fraction of sp³-hybridized carbons (Fsp3) is 0.393. The summed E-state index contributed by atoms with van der Waals surface area (Å²) >= 11 is 0. The molecule has 2 fully saturated rings. The van der Waals surface area contributed by atoms with Crippen LogP contribution in [-0.4, -0.2) is 63.6 Å². The molecule has 6 rings (SSSR count). The molecule has 1 atom stereocenters. The summed E-state index contributed by atoms with van der Waals surface area (Å²) in [5, 5.41) is 2.28. The van der Waals surface area contributed by atoms with Crippen molar-refractivity contribution < 1.29 is 13.9 Å². The number of fused-ring (bicyclic) bond motifs is 3. The average molecular weight is 488 g/mol. The smallest absolute Gasteiger partial charge is 0.320 e. The average Bonchev–Trinajstić information content (AvgIpc) is 3.42. The summed E-state index contributed by atoms with van der Waals surface area (Å²) in [4.78, 5) is 29.5. The van der Waals surface area contributed by atoms with Gasteiger partial charge in [-0.05, 0) is 73.6 Å². The Hall–Kier alpha value is -3.68. The van der Waals surface area contributed by atoms with Crippen LogP contribution in [0.4, 0.5) is 9.18 Å². The number of pyridine rings is 2. The van der Waals surface area contributed by atoms with Gasteiger partial charge in [-0.2, -0.15) is 0 Å². The van der Waals surface area contributed by atoms with E-state index in [4.69, 9.17) is 4.74 Å². The van der Waals surface area contributed by atoms with Crippen molar-refractivity contribution >= 4 is 28.0 Å². The highest BCUT2D eigenvalue weighted by Crippen LogP contribution is 2.35. The molecule has 2 aliphatic rings. The first kappa shape index (κ1) is 22.8. The maximum Gasteiger partial charge on any atom is 0.320 e. The molecule has 2 aliphatic heterocycles. The minimum absolute atomic E-state index is 0.137. The van der Waals surface area contributed by atoms with Crippen molar-refractivity contribution in [3.8, 4) is 5.75 Å². The number of rotatable bonds is 4. The second kappa shape index (κ2) is 9.76. The number of urea groups is 1. The Kier molecular flexibility index (Phi) is 6.17. The fourth-order valence-corrected chi connectivity index (χ4v) is 5.73. The predicted molar refractivity (Wildman–Crippen MR) is 137 cm³/mol. The number of amides is 2. The van der Waals surface area contributed by atoms with E-state index < -0.39 is 0 Å². The van der Waals surface area contributed by atoms with Gasteiger partial charge in [0.15, 0.2) is 5.65 Å². The van der Waals surface area contributed by atoms with E-state index in [0.29, 0.717) is 24.8 Å². The highest BCUT2D eigenvalue weighted by atomic mass is 19.1. The number of nitrogens with zero attached hydrogens (tertiary/aromatic N) is 4. The van der Waals surface area contributed by atoms with Gasteiger partial charge in [0.2, 0.25) is 0 Å². The van der Waals surface area contributed by atoms with Crippen LogP contribution < -0.4 is 4.74 Å². The van der Waals surface area contributed by atoms with Crippen molar-refractivity contribution in [3.63, 3.8) is 0 Å². The molecule has 36 heavy (non-hydrogen) atoms. The Morgan fingerprint density at radius 3 is 2.69 bits per heavy atom. The van der Waals surface area contributed by atoms with E-state index in [9.17, 15) is 9.18 Å². The van der Waals surface area contributed by atoms with Crippen LogP contribution >= 0.6 is 0 Å². The normalized spacial score (nSPS) is 19.2. The zero-order valence-electron chi connectivity index (χ0n) is 20.2. The van der Waals surface area contributed by atoms with Gasteiger partial charge in [0.1, 0.15) is 11.6 Å². The lowest BCUT2D eigenvalue weighted by Gasteiger charge is -2.39. The lowest BCUT2D eigenvalue weighted by atomic mass is 9.87. The second-order valence-corrected chi connectivity index (χ2v) is 9.93. The van der Waals surface area contributed by atoms with Crippen LogP contribution in [0.25, 0.3) is 21.9 Å². The first-order chi connectivity index (χ1) is 17.7. The summed E-state index contributed by atoms with van der Waals surface area (Å²) in [5.41, 5.74) is 3.11. The third kappa shape index (κ3) is 4.47. The predicted octanol–water partition coefficient (Wildman–Crippen LogP) is 5.34. The van der Waals surface area contributed by atoms with E-state index in [1.54, 1.807) is 12.1 Å². The molecule has 1 aromatic carbocycles. The lowest BCUT2D eigenvalue weighted by Crippen LogP contribution is -2.50. The van der Waals surface area contributed by atoms with Gasteiger partial charge < -0.3 is 19.5 Å². The zero-order chi connectivity index (χ0) is 24.5. The number of carbonyl (C=O) groups is 1. The molecule has 0 aliphatic carbocycles. The number of halogens is 1. The van der Waals surface area contributed by atoms with E-state index in [1.165, 1.54) is 23.1 Å². The Balaban J connectivity index is 1.08. The van der Waals surface area contributed by atoms with Crippen molar-refractivity contribution in [2.75, 3.05) is 32.8 Å². The molecule has 7 nitrogen and oxygen atoms in total. The molecule has 1 unspecified atom stereocenters. The molecule has 2 saturated heterocycles. The monoisotopic (exact) mass is 487 g/mol. The van der Waals surface area contributed by atoms with Crippen molar-refractivity contribution in [2.24, 2.45) is 5.92 Å². The Morgan fingerprint density at radius 2 is 1.86 bits per heavy atom. The van der Waals surface area contributed by atoms with E-state index in [2.05, 4.69) is 21.0 Å². The van der Waals surface area contributed by atoms with Gasteiger partial charge in [-0.15, -0.1) is 0 Å². The van der Waals surface area contributed by atoms with Gasteiger partial charge >= 0.3 is 6.03 Å². The number of hydrogen-bond donors (Lipinski definition) is 1. The maximum atomic E-state index is 13.4. The number of piperidine rings is 2. The minimum Gasteiger partial charge on any atom is -0.493 e. The van der Waals surface area contributed by atoms with Gasteiger partial charge in [0.05, 0.1) is 18.3 Å². The lowest BCUT2D eigenvalue weighted by molar-refractivity contribution is 0.104. The van der Waals surface area contributed by atoms with Crippen molar-refractivity contribution in [1.29, 1.82) is 0 Å². The number of aromatic amines is 1. The summed E-state index contributed by atoms with van der Waals surface area (Å²) in [6, 6.07) is 10.5. The van der Waals surface area contributed by atoms with E-state index in [-0.39, 0.29) is 17.8 Å². The molecule has 3 aromatic heterocycles. The molecular weight excluding hydrogens is 457 g/mol. The third-order valence-corrected chi connectivity index (χ3v) is 7.62. The summed E-state index contributed by atoms with van der Waals surface area (Å²) in [5.74, 6) is 1.07. The molecule has 0 spiro atoms. The highest BCUT2D eigenvalue weighted by molar-refractivity contribution is 6.05. The highest BCUT2D eigenvalue weighted by Gasteiger charge is 2.31. The number of carbonyl (C=O) groups excluding carboxylic acids is 1. The fourth-order valence-electron chi connectivity index (χ4n) is 5.73. The van der Waals surface area contributed by atoms with Crippen LogP contribution in [0.3, 0.4) is 0 Å². The molecule has 5 heterocycles. The first-order valence-corrected chi connectivity index (χ1v) is 12.8. The van der Waals surface area contributed by atoms with Crippen molar-refractivity contribution in [3.05, 3.63) is 66.4 Å². The summed E-state index contributed by atoms with van der Waals surface area (Å²) < 4.78 is 19.0. The number of likely N-dealkylation sites (tertiary alicyclic amines) is 2. The minimum atomic E-state index is -0.271. The zero-order valence-corrected chi connectivity index (χ0v) is 20.2. The number of hydrogen-bond acceptors (Lipinski definition) is 4. The third-order valence-electron chi connectivity index (χ3n) is 7.62. The number of aromatic nitrogens is 3. The number of H-pyrrole nitrogens is 1. The Labute approximate surface area is 209 Å². The van der Waals surface area contributed by atoms with E-state index in [0.717, 1.165) is 61.9 Å². The van der Waals surface area contributed by atoms with Crippen LogP contribution in [0.2, 0.25) is 0 Å². The van der Waals surface area contributed by atoms with Crippen molar-refractivity contribution in [1.82, 2.24) is 24.8 Å². The number of benzene rings is 1. The molecule has 8 heteroatoms. The maximum absolute atomic E-state index is 13.4. The van der Waals surface area contributed by atoms with Crippen LogP contribution in [-0.2, 0) is 0 Å². The van der Waals surface area contributed by atoms with Crippen LogP contribution in [0, 0.1) is 11.7 Å². The molecule has 2 amide bonds. The van der Waals surface area contributed by atoms with Crippen molar-refractivity contribution in [2.45, 2.75) is 31.6 Å². The molecule has 4 aromatic rings. The molecule has 1 N–H and O–H groups in total. The van der Waals surface area contributed by atoms with Crippen LogP contribution in [0.15, 0.2) is 55.0 Å². The first-order valence-electron chi connectivity index (χ1n) is 12.8. The topological polar surface area (TPSA) is 74.4 Å². The van der Waals surface area contributed by atoms with Gasteiger partial charge in [-0.1, -0.05) is 0 Å². The van der Waals surface area contributed by atoms with Crippen LogP contribution in [0.1, 0.15) is 37.2 Å². The second-order valence-electron chi connectivity index (χ2n) is 9.93. The molecule has 0 saturated carbocycles. The summed E-state index contributed by atoms with van der Waals surface area (Å²) in [6.45, 7) is 3.54. The SMILES string of the molecule is O=C(N1CCC(c2cc[nH]c3cnc4nccc4c23)CC1)N1CCCC(COc2ccc(F)cc2)C1. The quantitative estimate of drug-likeness (QED) is 0.422. The summed E-state index contributed by atoms with van der Waals surface area (Å²) in [6.07, 6.45) is 9.54. The Bertz CT molecular complexity index is 1360.